The zero-order chi connectivity index (χ0) is 7.07. The van der Waals surface area contributed by atoms with Gasteiger partial charge in [0.25, 0.3) is 0 Å². The van der Waals surface area contributed by atoms with E-state index in [1.54, 1.807) is 0 Å². The Kier molecular flexibility index (Phi) is 1.37. The molecule has 0 heterocycles. The zero-order valence-electron chi connectivity index (χ0n) is 6.23. The van der Waals surface area contributed by atoms with Gasteiger partial charge in [-0.1, -0.05) is 19.9 Å². The fourth-order valence-corrected chi connectivity index (χ4v) is 1.25. The molecule has 0 spiro atoms. The highest BCUT2D eigenvalue weighted by Crippen LogP contribution is 2.39. The Labute approximate surface area is 56.1 Å². The first kappa shape index (κ1) is 6.78. The summed E-state index contributed by atoms with van der Waals surface area (Å²) < 4.78 is 0. The normalized spacial score (nSPS) is 32.8. The molecule has 0 aromatic heterocycles. The van der Waals surface area contributed by atoms with Gasteiger partial charge in [0.1, 0.15) is 0 Å². The van der Waals surface area contributed by atoms with Gasteiger partial charge in [-0.3, -0.25) is 5.84 Å². The molecule has 0 fully saturated rings. The summed E-state index contributed by atoms with van der Waals surface area (Å²) >= 11 is 0. The second-order valence-electron chi connectivity index (χ2n) is 3.00. The third-order valence-electron chi connectivity index (χ3n) is 2.16. The Hall–Kier alpha value is -0.340. The van der Waals surface area contributed by atoms with Gasteiger partial charge in [-0.05, 0) is 18.4 Å². The van der Waals surface area contributed by atoms with Gasteiger partial charge in [-0.2, -0.15) is 0 Å². The predicted octanol–water partition coefficient (Wildman–Crippen LogP) is 0.804. The van der Waals surface area contributed by atoms with Crippen LogP contribution in [0.5, 0.6) is 0 Å². The Morgan fingerprint density at radius 1 is 1.67 bits per heavy atom. The average Bonchev–Trinajstić information content (AvgIpc) is 2.43. The second kappa shape index (κ2) is 1.82. The lowest BCUT2D eigenvalue weighted by Crippen LogP contribution is -2.43. The summed E-state index contributed by atoms with van der Waals surface area (Å²) in [4.78, 5) is 0. The van der Waals surface area contributed by atoms with E-state index < -0.39 is 0 Å². The average molecular weight is 126 g/mol. The topological polar surface area (TPSA) is 38.0 Å². The minimum atomic E-state index is 0.0694. The predicted molar refractivity (Wildman–Crippen MR) is 38.6 cm³/mol. The Morgan fingerprint density at radius 3 is 2.11 bits per heavy atom. The van der Waals surface area contributed by atoms with Crippen LogP contribution in [0.15, 0.2) is 11.6 Å². The van der Waals surface area contributed by atoms with Crippen LogP contribution in [0.4, 0.5) is 0 Å². The second-order valence-corrected chi connectivity index (χ2v) is 3.00. The summed E-state index contributed by atoms with van der Waals surface area (Å²) in [6.45, 7) is 6.42. The summed E-state index contributed by atoms with van der Waals surface area (Å²) in [6.07, 6.45) is 2.16. The number of rotatable bonds is 2. The van der Waals surface area contributed by atoms with Crippen molar-refractivity contribution < 1.29 is 0 Å². The van der Waals surface area contributed by atoms with Crippen molar-refractivity contribution in [2.45, 2.75) is 26.3 Å². The molecule has 1 atom stereocenters. The smallest absolute Gasteiger partial charge is 0.0734 e. The molecule has 0 aromatic rings. The molecule has 0 unspecified atom stereocenters. The SMILES string of the molecule is CC1=C[C@@]1(NN)C(C)C. The van der Waals surface area contributed by atoms with Crippen LogP contribution in [0.3, 0.4) is 0 Å². The van der Waals surface area contributed by atoms with E-state index in [2.05, 4.69) is 32.3 Å². The van der Waals surface area contributed by atoms with E-state index in [1.807, 2.05) is 0 Å². The maximum atomic E-state index is 5.36. The van der Waals surface area contributed by atoms with Gasteiger partial charge in [0.2, 0.25) is 0 Å². The van der Waals surface area contributed by atoms with Crippen molar-refractivity contribution in [3.8, 4) is 0 Å². The molecule has 0 aliphatic heterocycles. The van der Waals surface area contributed by atoms with Gasteiger partial charge < -0.3 is 0 Å². The van der Waals surface area contributed by atoms with Crippen LogP contribution in [0, 0.1) is 5.92 Å². The quantitative estimate of drug-likeness (QED) is 0.326. The minimum Gasteiger partial charge on any atom is -0.270 e. The molecule has 52 valence electrons. The van der Waals surface area contributed by atoms with E-state index in [1.165, 1.54) is 5.57 Å². The number of nitrogens with one attached hydrogen (secondary N) is 1. The Morgan fingerprint density at radius 2 is 2.11 bits per heavy atom. The third-order valence-corrected chi connectivity index (χ3v) is 2.16. The van der Waals surface area contributed by atoms with Crippen molar-refractivity contribution in [1.29, 1.82) is 0 Å². The van der Waals surface area contributed by atoms with Gasteiger partial charge in [0.05, 0.1) is 5.54 Å². The zero-order valence-corrected chi connectivity index (χ0v) is 6.23. The molecule has 1 rings (SSSR count). The Balaban J connectivity index is 2.55. The molecule has 0 bridgehead atoms. The standard InChI is InChI=1S/C7H14N2/c1-5(2)7(9-8)4-6(7)3/h4-5,9H,8H2,1-3H3/t7-/m1/s1. The van der Waals surface area contributed by atoms with Crippen LogP contribution >= 0.6 is 0 Å². The molecular weight excluding hydrogens is 112 g/mol. The molecule has 0 saturated heterocycles. The van der Waals surface area contributed by atoms with Gasteiger partial charge in [0, 0.05) is 0 Å². The maximum absolute atomic E-state index is 5.36. The van der Waals surface area contributed by atoms with Gasteiger partial charge in [0.15, 0.2) is 0 Å². The van der Waals surface area contributed by atoms with Crippen LogP contribution in [0.25, 0.3) is 0 Å². The fraction of sp³-hybridized carbons (Fsp3) is 0.714. The van der Waals surface area contributed by atoms with Gasteiger partial charge in [-0.25, -0.2) is 5.43 Å². The van der Waals surface area contributed by atoms with E-state index in [0.717, 1.165) is 0 Å². The van der Waals surface area contributed by atoms with Crippen molar-refractivity contribution in [2.75, 3.05) is 0 Å². The monoisotopic (exact) mass is 126 g/mol. The van der Waals surface area contributed by atoms with Crippen LogP contribution in [0.1, 0.15) is 20.8 Å². The molecule has 9 heavy (non-hydrogen) atoms. The maximum Gasteiger partial charge on any atom is 0.0734 e. The molecule has 2 nitrogen and oxygen atoms in total. The van der Waals surface area contributed by atoms with Crippen molar-refractivity contribution in [3.63, 3.8) is 0 Å². The molecule has 3 N–H and O–H groups in total. The molecule has 0 radical (unpaired) electrons. The first-order valence-corrected chi connectivity index (χ1v) is 3.31. The summed E-state index contributed by atoms with van der Waals surface area (Å²) in [6, 6.07) is 0. The highest BCUT2D eigenvalue weighted by atomic mass is 15.3. The van der Waals surface area contributed by atoms with E-state index in [0.29, 0.717) is 5.92 Å². The van der Waals surface area contributed by atoms with Crippen molar-refractivity contribution in [1.82, 2.24) is 5.43 Å². The number of nitrogens with two attached hydrogens (primary N) is 1. The summed E-state index contributed by atoms with van der Waals surface area (Å²) in [7, 11) is 0. The fourth-order valence-electron chi connectivity index (χ4n) is 1.25. The van der Waals surface area contributed by atoms with Crippen LogP contribution in [0.2, 0.25) is 0 Å². The lowest BCUT2D eigenvalue weighted by atomic mass is 9.98. The van der Waals surface area contributed by atoms with Crippen LogP contribution < -0.4 is 11.3 Å². The Bertz CT molecular complexity index is 149. The molecule has 0 amide bonds. The molecule has 1 aliphatic rings. The largest absolute Gasteiger partial charge is 0.270 e. The minimum absolute atomic E-state index is 0.0694. The molecule has 0 aromatic carbocycles. The first-order valence-electron chi connectivity index (χ1n) is 3.31. The van der Waals surface area contributed by atoms with Crippen LogP contribution in [-0.4, -0.2) is 5.54 Å². The number of hydrazine groups is 1. The summed E-state index contributed by atoms with van der Waals surface area (Å²) in [5.41, 5.74) is 4.24. The molecule has 1 aliphatic carbocycles. The third kappa shape index (κ3) is 0.787. The van der Waals surface area contributed by atoms with Crippen molar-refractivity contribution in [2.24, 2.45) is 11.8 Å². The van der Waals surface area contributed by atoms with E-state index in [4.69, 9.17) is 5.84 Å². The van der Waals surface area contributed by atoms with E-state index >= 15 is 0 Å². The van der Waals surface area contributed by atoms with Crippen LogP contribution in [-0.2, 0) is 0 Å². The number of hydrogen-bond donors (Lipinski definition) is 2. The van der Waals surface area contributed by atoms with Gasteiger partial charge >= 0.3 is 0 Å². The first-order chi connectivity index (χ1) is 4.13. The lowest BCUT2D eigenvalue weighted by Gasteiger charge is -2.20. The van der Waals surface area contributed by atoms with E-state index in [9.17, 15) is 0 Å². The van der Waals surface area contributed by atoms with E-state index in [-0.39, 0.29) is 5.54 Å². The highest BCUT2D eigenvalue weighted by molar-refractivity contribution is 5.44. The van der Waals surface area contributed by atoms with Crippen molar-refractivity contribution >= 4 is 0 Å². The molecule has 0 saturated carbocycles. The van der Waals surface area contributed by atoms with Crippen molar-refractivity contribution in [3.05, 3.63) is 11.6 Å². The summed E-state index contributed by atoms with van der Waals surface area (Å²) in [5, 5.41) is 0. The molecule has 2 heteroatoms. The summed E-state index contributed by atoms with van der Waals surface area (Å²) in [5.74, 6) is 5.93. The van der Waals surface area contributed by atoms with Gasteiger partial charge in [-0.15, -0.1) is 0 Å². The lowest BCUT2D eigenvalue weighted by molar-refractivity contribution is 0.412. The molecular formula is C7H14N2. The number of hydrogen-bond acceptors (Lipinski definition) is 2. The highest BCUT2D eigenvalue weighted by Gasteiger charge is 2.42.